The van der Waals surface area contributed by atoms with E-state index in [9.17, 15) is 18.0 Å². The van der Waals surface area contributed by atoms with Crippen LogP contribution in [0.15, 0.2) is 54.6 Å². The van der Waals surface area contributed by atoms with Gasteiger partial charge in [-0.15, -0.1) is 0 Å². The van der Waals surface area contributed by atoms with Gasteiger partial charge in [0.05, 0.1) is 16.4 Å². The van der Waals surface area contributed by atoms with Gasteiger partial charge < -0.3 is 0 Å². The van der Waals surface area contributed by atoms with Crippen LogP contribution in [0.3, 0.4) is 0 Å². The molecule has 0 bridgehead atoms. The Morgan fingerprint density at radius 2 is 1.83 bits per heavy atom. The zero-order chi connectivity index (χ0) is 21.3. The molecule has 152 valence electrons. The van der Waals surface area contributed by atoms with Gasteiger partial charge in [-0.25, -0.2) is 9.78 Å². The highest BCUT2D eigenvalue weighted by Gasteiger charge is 2.35. The minimum Gasteiger partial charge on any atom is -0.289 e. The maximum Gasteiger partial charge on any atom is 0.435 e. The van der Waals surface area contributed by atoms with Gasteiger partial charge in [0.15, 0.2) is 5.69 Å². The highest BCUT2D eigenvalue weighted by atomic mass is 35.5. The molecule has 1 amide bonds. The Kier molecular flexibility index (Phi) is 4.96. The predicted molar refractivity (Wildman–Crippen MR) is 101 cm³/mol. The van der Waals surface area contributed by atoms with Crippen molar-refractivity contribution in [3.63, 3.8) is 0 Å². The first-order chi connectivity index (χ1) is 14.3. The van der Waals surface area contributed by atoms with Gasteiger partial charge in [-0.05, 0) is 40.8 Å². The maximum absolute atomic E-state index is 13.3. The van der Waals surface area contributed by atoms with E-state index in [4.69, 9.17) is 11.6 Å². The highest BCUT2D eigenvalue weighted by molar-refractivity contribution is 6.32. The van der Waals surface area contributed by atoms with Crippen molar-refractivity contribution in [3.05, 3.63) is 70.9 Å². The van der Waals surface area contributed by atoms with Crippen molar-refractivity contribution in [2.75, 3.05) is 5.32 Å². The minimum absolute atomic E-state index is 0.0655. The van der Waals surface area contributed by atoms with E-state index in [0.717, 1.165) is 10.7 Å². The van der Waals surface area contributed by atoms with E-state index in [2.05, 4.69) is 31.0 Å². The third-order valence-corrected chi connectivity index (χ3v) is 4.42. The van der Waals surface area contributed by atoms with E-state index in [0.29, 0.717) is 11.3 Å². The quantitative estimate of drug-likeness (QED) is 0.507. The number of amides is 1. The SMILES string of the molecule is O=C(Nc1nnn[nH]1)c1ccc(-c2cc(C(F)(F)F)nn2-c2ccccc2Cl)cc1. The van der Waals surface area contributed by atoms with E-state index in [1.54, 1.807) is 24.3 Å². The molecule has 8 nitrogen and oxygen atoms in total. The van der Waals surface area contributed by atoms with Crippen LogP contribution in [0.4, 0.5) is 19.1 Å². The monoisotopic (exact) mass is 433 g/mol. The summed E-state index contributed by atoms with van der Waals surface area (Å²) in [4.78, 5) is 12.2. The minimum atomic E-state index is -4.63. The van der Waals surface area contributed by atoms with Gasteiger partial charge in [0, 0.05) is 11.1 Å². The topological polar surface area (TPSA) is 101 Å². The Morgan fingerprint density at radius 1 is 1.10 bits per heavy atom. The molecule has 0 aliphatic carbocycles. The number of anilines is 1. The van der Waals surface area contributed by atoms with E-state index in [1.165, 1.54) is 24.3 Å². The lowest BCUT2D eigenvalue weighted by Crippen LogP contribution is -2.13. The number of rotatable bonds is 4. The average molecular weight is 434 g/mol. The molecule has 0 atom stereocenters. The molecule has 0 unspecified atom stereocenters. The first kappa shape index (κ1) is 19.6. The lowest BCUT2D eigenvalue weighted by molar-refractivity contribution is -0.141. The first-order valence-electron chi connectivity index (χ1n) is 8.40. The number of nitrogens with one attached hydrogen (secondary N) is 2. The second-order valence-corrected chi connectivity index (χ2v) is 6.46. The Bertz CT molecular complexity index is 1190. The van der Waals surface area contributed by atoms with Crippen molar-refractivity contribution in [3.8, 4) is 16.9 Å². The summed E-state index contributed by atoms with van der Waals surface area (Å²) in [6.45, 7) is 0. The number of benzene rings is 2. The number of aromatic nitrogens is 6. The molecule has 0 spiro atoms. The van der Waals surface area contributed by atoms with Gasteiger partial charge in [-0.2, -0.15) is 18.3 Å². The molecule has 2 aromatic carbocycles. The molecule has 12 heteroatoms. The van der Waals surface area contributed by atoms with Gasteiger partial charge in [-0.3, -0.25) is 10.1 Å². The van der Waals surface area contributed by atoms with Crippen LogP contribution in [-0.2, 0) is 6.18 Å². The average Bonchev–Trinajstić information content (AvgIpc) is 3.38. The van der Waals surface area contributed by atoms with Crippen LogP contribution in [0, 0.1) is 0 Å². The molecule has 0 aliphatic rings. The van der Waals surface area contributed by atoms with Crippen LogP contribution in [0.5, 0.6) is 0 Å². The van der Waals surface area contributed by atoms with Crippen molar-refractivity contribution in [1.82, 2.24) is 30.4 Å². The van der Waals surface area contributed by atoms with Crippen LogP contribution in [0.2, 0.25) is 5.02 Å². The van der Waals surface area contributed by atoms with Crippen LogP contribution in [0.25, 0.3) is 16.9 Å². The second-order valence-electron chi connectivity index (χ2n) is 6.06. The summed E-state index contributed by atoms with van der Waals surface area (Å²) in [5.41, 5.74) is 0.0778. The lowest BCUT2D eigenvalue weighted by atomic mass is 10.1. The van der Waals surface area contributed by atoms with Crippen LogP contribution in [-0.4, -0.2) is 36.3 Å². The van der Waals surface area contributed by atoms with E-state index in [1.807, 2.05) is 0 Å². The van der Waals surface area contributed by atoms with Gasteiger partial charge in [0.1, 0.15) is 0 Å². The van der Waals surface area contributed by atoms with E-state index >= 15 is 0 Å². The zero-order valence-electron chi connectivity index (χ0n) is 14.9. The number of nitrogens with zero attached hydrogens (tertiary/aromatic N) is 5. The van der Waals surface area contributed by atoms with Gasteiger partial charge in [-0.1, -0.05) is 41.0 Å². The van der Waals surface area contributed by atoms with Gasteiger partial charge in [0.25, 0.3) is 5.91 Å². The molecule has 0 aliphatic heterocycles. The first-order valence-corrected chi connectivity index (χ1v) is 8.78. The number of alkyl halides is 3. The van der Waals surface area contributed by atoms with Crippen molar-refractivity contribution < 1.29 is 18.0 Å². The van der Waals surface area contributed by atoms with Gasteiger partial charge >= 0.3 is 6.18 Å². The number of aromatic amines is 1. The molecule has 0 fully saturated rings. The van der Waals surface area contributed by atoms with Gasteiger partial charge in [0.2, 0.25) is 5.95 Å². The zero-order valence-corrected chi connectivity index (χ0v) is 15.6. The van der Waals surface area contributed by atoms with Crippen molar-refractivity contribution in [1.29, 1.82) is 0 Å². The summed E-state index contributed by atoms with van der Waals surface area (Å²) < 4.78 is 41.0. The summed E-state index contributed by atoms with van der Waals surface area (Å²) in [5, 5.41) is 19.0. The van der Waals surface area contributed by atoms with Crippen molar-refractivity contribution in [2.24, 2.45) is 0 Å². The Labute approximate surface area is 171 Å². The molecule has 4 rings (SSSR count). The summed E-state index contributed by atoms with van der Waals surface area (Å²) >= 11 is 6.16. The molecule has 30 heavy (non-hydrogen) atoms. The fourth-order valence-corrected chi connectivity index (χ4v) is 2.93. The smallest absolute Gasteiger partial charge is 0.289 e. The normalized spacial score (nSPS) is 11.5. The molecular weight excluding hydrogens is 423 g/mol. The Balaban J connectivity index is 1.72. The molecular formula is C18H11ClF3N7O. The molecule has 0 saturated heterocycles. The van der Waals surface area contributed by atoms with Crippen LogP contribution in [0.1, 0.15) is 16.1 Å². The van der Waals surface area contributed by atoms with Crippen molar-refractivity contribution in [2.45, 2.75) is 6.18 Å². The van der Waals surface area contributed by atoms with Crippen LogP contribution >= 0.6 is 11.6 Å². The van der Waals surface area contributed by atoms with E-state index < -0.39 is 17.8 Å². The second kappa shape index (κ2) is 7.59. The predicted octanol–water partition coefficient (Wildman–Crippen LogP) is 3.98. The number of halogens is 4. The standard InChI is InChI=1S/C18H11ClF3N7O/c19-12-3-1-2-4-13(12)29-14(9-15(26-29)18(20,21)22)10-5-7-11(8-6-10)16(30)23-17-24-27-28-25-17/h1-9H,(H2,23,24,25,27,28,30). The number of carbonyl (C=O) groups excluding carboxylic acids is 1. The fourth-order valence-electron chi connectivity index (χ4n) is 2.72. The van der Waals surface area contributed by atoms with Crippen molar-refractivity contribution >= 4 is 23.5 Å². The number of hydrogen-bond acceptors (Lipinski definition) is 5. The molecule has 0 saturated carbocycles. The molecule has 2 aromatic heterocycles. The molecule has 0 radical (unpaired) electrons. The number of carbonyl (C=O) groups is 1. The maximum atomic E-state index is 13.3. The van der Waals surface area contributed by atoms with Crippen LogP contribution < -0.4 is 5.32 Å². The molecule has 2 N–H and O–H groups in total. The Hall–Kier alpha value is -3.73. The molecule has 4 aromatic rings. The summed E-state index contributed by atoms with van der Waals surface area (Å²) in [6, 6.07) is 13.3. The molecule has 2 heterocycles. The number of H-pyrrole nitrogens is 1. The summed E-state index contributed by atoms with van der Waals surface area (Å²) in [5.74, 6) is -0.425. The number of para-hydroxylation sites is 1. The summed E-state index contributed by atoms with van der Waals surface area (Å²) in [6.07, 6.45) is -4.63. The largest absolute Gasteiger partial charge is 0.435 e. The fraction of sp³-hybridized carbons (Fsp3) is 0.0556. The summed E-state index contributed by atoms with van der Waals surface area (Å²) in [7, 11) is 0. The Morgan fingerprint density at radius 3 is 2.47 bits per heavy atom. The number of tetrazole rings is 1. The third-order valence-electron chi connectivity index (χ3n) is 4.10. The third kappa shape index (κ3) is 3.87. The number of hydrogen-bond donors (Lipinski definition) is 2. The lowest BCUT2D eigenvalue weighted by Gasteiger charge is -2.10. The highest BCUT2D eigenvalue weighted by Crippen LogP contribution is 2.34. The van der Waals surface area contributed by atoms with E-state index in [-0.39, 0.29) is 22.2 Å².